The number of pyridine rings is 1. The van der Waals surface area contributed by atoms with Gasteiger partial charge in [0.25, 0.3) is 5.91 Å². The molecule has 2 aromatic rings. The summed E-state index contributed by atoms with van der Waals surface area (Å²) in [6.45, 7) is 3.23. The number of imidazole rings is 1. The van der Waals surface area contributed by atoms with E-state index in [1.807, 2.05) is 35.7 Å². The molecule has 2 fully saturated rings. The van der Waals surface area contributed by atoms with E-state index in [1.165, 1.54) is 0 Å². The Bertz CT molecular complexity index is 797. The van der Waals surface area contributed by atoms with Crippen molar-refractivity contribution < 1.29 is 9.59 Å². The van der Waals surface area contributed by atoms with Crippen molar-refractivity contribution in [2.24, 2.45) is 0 Å². The fourth-order valence-electron chi connectivity index (χ4n) is 3.98. The number of likely N-dealkylation sites (tertiary alicyclic amines) is 1. The molecule has 2 aromatic heterocycles. The standard InChI is InChI=1S/C17H20N4O2/c1-12-14(19-13-6-2-3-10-20(12)13)15(22)21-11-5-8-17(21)7-4-9-18-16(17)23/h2-3,6,10H,4-5,7-9,11H2,1H3,(H,18,23). The van der Waals surface area contributed by atoms with Crippen LogP contribution in [0.5, 0.6) is 0 Å². The maximum absolute atomic E-state index is 13.1. The molecule has 0 bridgehead atoms. The largest absolute Gasteiger partial charge is 0.354 e. The third-order valence-corrected chi connectivity index (χ3v) is 5.18. The van der Waals surface area contributed by atoms with Crippen molar-refractivity contribution in [1.29, 1.82) is 0 Å². The number of fused-ring (bicyclic) bond motifs is 1. The van der Waals surface area contributed by atoms with Gasteiger partial charge >= 0.3 is 0 Å². The van der Waals surface area contributed by atoms with E-state index in [9.17, 15) is 9.59 Å². The molecule has 0 radical (unpaired) electrons. The topological polar surface area (TPSA) is 66.7 Å². The molecule has 1 N–H and O–H groups in total. The van der Waals surface area contributed by atoms with Gasteiger partial charge in [-0.2, -0.15) is 0 Å². The first kappa shape index (κ1) is 14.2. The molecule has 2 saturated heterocycles. The normalized spacial score (nSPS) is 24.4. The maximum atomic E-state index is 13.1. The molecule has 4 rings (SSSR count). The van der Waals surface area contributed by atoms with Crippen LogP contribution in [0.2, 0.25) is 0 Å². The SMILES string of the molecule is Cc1c(C(=O)N2CCCC23CCCNC3=O)nc2ccccn12. The summed E-state index contributed by atoms with van der Waals surface area (Å²) in [5.41, 5.74) is 1.37. The van der Waals surface area contributed by atoms with Crippen molar-refractivity contribution >= 4 is 17.5 Å². The summed E-state index contributed by atoms with van der Waals surface area (Å²) in [6, 6.07) is 5.71. The number of nitrogens with one attached hydrogen (secondary N) is 1. The van der Waals surface area contributed by atoms with Crippen molar-refractivity contribution in [2.45, 2.75) is 38.1 Å². The second-order valence-corrected chi connectivity index (χ2v) is 6.43. The van der Waals surface area contributed by atoms with Crippen LogP contribution >= 0.6 is 0 Å². The van der Waals surface area contributed by atoms with Gasteiger partial charge < -0.3 is 14.6 Å². The third-order valence-electron chi connectivity index (χ3n) is 5.18. The molecule has 23 heavy (non-hydrogen) atoms. The third kappa shape index (κ3) is 1.97. The molecule has 0 saturated carbocycles. The molecular weight excluding hydrogens is 292 g/mol. The van der Waals surface area contributed by atoms with E-state index in [-0.39, 0.29) is 11.8 Å². The number of amides is 2. The second-order valence-electron chi connectivity index (χ2n) is 6.43. The number of rotatable bonds is 1. The van der Waals surface area contributed by atoms with Gasteiger partial charge in [-0.1, -0.05) is 6.07 Å². The van der Waals surface area contributed by atoms with E-state index in [0.29, 0.717) is 18.8 Å². The van der Waals surface area contributed by atoms with Crippen LogP contribution in [0.25, 0.3) is 5.65 Å². The van der Waals surface area contributed by atoms with E-state index >= 15 is 0 Å². The highest BCUT2D eigenvalue weighted by molar-refractivity contribution is 6.00. The Hall–Kier alpha value is -2.37. The van der Waals surface area contributed by atoms with Crippen LogP contribution in [-0.2, 0) is 4.79 Å². The van der Waals surface area contributed by atoms with Gasteiger partial charge in [0.2, 0.25) is 5.91 Å². The van der Waals surface area contributed by atoms with Crippen LogP contribution in [0.4, 0.5) is 0 Å². The summed E-state index contributed by atoms with van der Waals surface area (Å²) in [7, 11) is 0. The van der Waals surface area contributed by atoms with Gasteiger partial charge in [-0.25, -0.2) is 4.98 Å². The van der Waals surface area contributed by atoms with E-state index in [0.717, 1.165) is 37.0 Å². The summed E-state index contributed by atoms with van der Waals surface area (Å²) in [4.78, 5) is 31.9. The molecule has 4 heterocycles. The molecule has 2 aliphatic heterocycles. The molecule has 1 unspecified atom stereocenters. The smallest absolute Gasteiger partial charge is 0.275 e. The molecule has 1 spiro atoms. The van der Waals surface area contributed by atoms with Crippen molar-refractivity contribution in [1.82, 2.24) is 19.6 Å². The summed E-state index contributed by atoms with van der Waals surface area (Å²) in [5.74, 6) is -0.128. The van der Waals surface area contributed by atoms with Crippen molar-refractivity contribution in [3.63, 3.8) is 0 Å². The number of aryl methyl sites for hydroxylation is 1. The molecule has 0 aromatic carbocycles. The first-order valence-electron chi connectivity index (χ1n) is 8.17. The van der Waals surface area contributed by atoms with Crippen LogP contribution < -0.4 is 5.32 Å². The first-order chi connectivity index (χ1) is 11.1. The molecule has 2 amide bonds. The Balaban J connectivity index is 1.75. The zero-order valence-electron chi connectivity index (χ0n) is 13.2. The summed E-state index contributed by atoms with van der Waals surface area (Å²) in [5, 5.41) is 2.93. The number of aromatic nitrogens is 2. The van der Waals surface area contributed by atoms with Crippen LogP contribution in [0.3, 0.4) is 0 Å². The Labute approximate surface area is 134 Å². The van der Waals surface area contributed by atoms with Crippen molar-refractivity contribution in [2.75, 3.05) is 13.1 Å². The number of hydrogen-bond acceptors (Lipinski definition) is 3. The average molecular weight is 312 g/mol. The van der Waals surface area contributed by atoms with Gasteiger partial charge in [-0.3, -0.25) is 9.59 Å². The maximum Gasteiger partial charge on any atom is 0.275 e. The molecule has 120 valence electrons. The molecular formula is C17H20N4O2. The summed E-state index contributed by atoms with van der Waals surface area (Å²) in [6.07, 6.45) is 5.18. The summed E-state index contributed by atoms with van der Waals surface area (Å²) >= 11 is 0. The summed E-state index contributed by atoms with van der Waals surface area (Å²) < 4.78 is 1.91. The molecule has 1 atom stereocenters. The molecule has 6 heteroatoms. The fraction of sp³-hybridized carbons (Fsp3) is 0.471. The minimum Gasteiger partial charge on any atom is -0.354 e. The highest BCUT2D eigenvalue weighted by Gasteiger charge is 2.51. The van der Waals surface area contributed by atoms with E-state index < -0.39 is 5.54 Å². The van der Waals surface area contributed by atoms with Gasteiger partial charge in [0.15, 0.2) is 0 Å². The second kappa shape index (κ2) is 5.08. The monoisotopic (exact) mass is 312 g/mol. The van der Waals surface area contributed by atoms with Gasteiger partial charge in [0.1, 0.15) is 16.9 Å². The van der Waals surface area contributed by atoms with Crippen molar-refractivity contribution in [3.8, 4) is 0 Å². The van der Waals surface area contributed by atoms with Crippen LogP contribution in [0.1, 0.15) is 41.9 Å². The lowest BCUT2D eigenvalue weighted by Gasteiger charge is -2.39. The number of carbonyl (C=O) groups is 2. The first-order valence-corrected chi connectivity index (χ1v) is 8.17. The van der Waals surface area contributed by atoms with Gasteiger partial charge in [-0.05, 0) is 44.7 Å². The van der Waals surface area contributed by atoms with Crippen molar-refractivity contribution in [3.05, 3.63) is 35.8 Å². The minimum atomic E-state index is -0.669. The van der Waals surface area contributed by atoms with Crippen LogP contribution in [-0.4, -0.2) is 44.7 Å². The van der Waals surface area contributed by atoms with E-state index in [4.69, 9.17) is 0 Å². The predicted octanol–water partition coefficient (Wildman–Crippen LogP) is 1.53. The van der Waals surface area contributed by atoms with E-state index in [1.54, 1.807) is 4.90 Å². The Morgan fingerprint density at radius 3 is 2.91 bits per heavy atom. The number of carbonyl (C=O) groups excluding carboxylic acids is 2. The Morgan fingerprint density at radius 1 is 1.30 bits per heavy atom. The van der Waals surface area contributed by atoms with Gasteiger partial charge in [0.05, 0.1) is 5.69 Å². The van der Waals surface area contributed by atoms with Gasteiger partial charge in [-0.15, -0.1) is 0 Å². The Kier molecular flexibility index (Phi) is 3.14. The lowest BCUT2D eigenvalue weighted by molar-refractivity contribution is -0.133. The zero-order chi connectivity index (χ0) is 16.0. The van der Waals surface area contributed by atoms with Gasteiger partial charge in [0, 0.05) is 19.3 Å². The molecule has 6 nitrogen and oxygen atoms in total. The number of nitrogens with zero attached hydrogens (tertiary/aromatic N) is 3. The zero-order valence-corrected chi connectivity index (χ0v) is 13.2. The number of piperidine rings is 1. The Morgan fingerprint density at radius 2 is 2.13 bits per heavy atom. The minimum absolute atomic E-state index is 0.00369. The molecule has 0 aliphatic carbocycles. The average Bonchev–Trinajstić information content (AvgIpc) is 3.13. The highest BCUT2D eigenvalue weighted by atomic mass is 16.2. The molecule has 2 aliphatic rings. The quantitative estimate of drug-likeness (QED) is 0.868. The predicted molar refractivity (Wildman–Crippen MR) is 85.2 cm³/mol. The van der Waals surface area contributed by atoms with E-state index in [2.05, 4.69) is 10.3 Å². The van der Waals surface area contributed by atoms with Crippen LogP contribution in [0, 0.1) is 6.92 Å². The fourth-order valence-corrected chi connectivity index (χ4v) is 3.98. The number of hydrogen-bond donors (Lipinski definition) is 1. The van der Waals surface area contributed by atoms with Crippen LogP contribution in [0.15, 0.2) is 24.4 Å². The highest BCUT2D eigenvalue weighted by Crippen LogP contribution is 2.37. The lowest BCUT2D eigenvalue weighted by Crippen LogP contribution is -2.60. The lowest BCUT2D eigenvalue weighted by atomic mass is 9.86.